The minimum absolute atomic E-state index is 0.140. The number of carbonyl (C=O) groups excluding carboxylic acids is 2. The maximum atomic E-state index is 12.4. The minimum atomic E-state index is -0.160. The third-order valence-electron chi connectivity index (χ3n) is 4.14. The second kappa shape index (κ2) is 8.05. The Bertz CT molecular complexity index is 1010. The number of rotatable bonds is 5. The number of hydrogen-bond acceptors (Lipinski definition) is 3. The quantitative estimate of drug-likeness (QED) is 0.690. The largest absolute Gasteiger partial charge is 0.355 e. The summed E-state index contributed by atoms with van der Waals surface area (Å²) in [5.74, 6) is -0.300. The van der Waals surface area contributed by atoms with Crippen molar-refractivity contribution in [3.05, 3.63) is 76.7 Å². The number of hydrogen-bond donors (Lipinski definition) is 1. The summed E-state index contributed by atoms with van der Waals surface area (Å²) in [5.41, 5.74) is 2.89. The topological polar surface area (TPSA) is 66.7 Å². The van der Waals surface area contributed by atoms with Crippen molar-refractivity contribution >= 4 is 35.1 Å². The third kappa shape index (κ3) is 4.17. The van der Waals surface area contributed by atoms with E-state index in [4.69, 9.17) is 11.6 Å². The first kappa shape index (κ1) is 18.7. The Morgan fingerprint density at radius 3 is 2.67 bits per heavy atom. The van der Waals surface area contributed by atoms with Crippen LogP contribution in [0.2, 0.25) is 5.15 Å². The lowest BCUT2D eigenvalue weighted by Crippen LogP contribution is -2.24. The Morgan fingerprint density at radius 2 is 1.96 bits per heavy atom. The highest BCUT2D eigenvalue weighted by atomic mass is 35.5. The molecule has 3 rings (SSSR count). The third-order valence-corrected chi connectivity index (χ3v) is 4.42. The van der Waals surface area contributed by atoms with Gasteiger partial charge in [0.2, 0.25) is 5.91 Å². The molecular weight excluding hydrogens is 364 g/mol. The molecule has 1 N–H and O–H groups in total. The van der Waals surface area contributed by atoms with Gasteiger partial charge in [0.15, 0.2) is 5.15 Å². The number of likely N-dealkylation sites (N-methyl/N-ethyl adjacent to an activating group) is 1. The predicted octanol–water partition coefficient (Wildman–Crippen LogP) is 3.02. The predicted molar refractivity (Wildman–Crippen MR) is 106 cm³/mol. The fourth-order valence-electron chi connectivity index (χ4n) is 2.67. The van der Waals surface area contributed by atoms with Gasteiger partial charge in [-0.15, -0.1) is 0 Å². The molecule has 0 saturated heterocycles. The van der Waals surface area contributed by atoms with Gasteiger partial charge in [-0.3, -0.25) is 14.0 Å². The number of halogens is 1. The Balaban J connectivity index is 1.69. The fraction of sp³-hybridized carbons (Fsp3) is 0.150. The summed E-state index contributed by atoms with van der Waals surface area (Å²) in [4.78, 5) is 29.8. The highest BCUT2D eigenvalue weighted by Crippen LogP contribution is 2.19. The molecule has 0 aliphatic rings. The normalized spacial score (nSPS) is 11.1. The van der Waals surface area contributed by atoms with Gasteiger partial charge in [-0.1, -0.05) is 29.8 Å². The minimum Gasteiger partial charge on any atom is -0.355 e. The van der Waals surface area contributed by atoms with E-state index in [1.807, 2.05) is 40.9 Å². The number of imidazole rings is 1. The molecule has 0 spiro atoms. The van der Waals surface area contributed by atoms with Crippen LogP contribution in [0.1, 0.15) is 21.6 Å². The maximum Gasteiger partial charge on any atom is 0.251 e. The summed E-state index contributed by atoms with van der Waals surface area (Å²) in [6.07, 6.45) is 4.98. The molecule has 2 amide bonds. The standard InChI is InChI=1S/C20H19ClN4O2/c1-22-20(27)15-8-6-14(7-9-15)13-24(2)18(26)11-10-16-19(21)23-17-5-3-4-12-25(16)17/h3-12H,13H2,1-2H3,(H,22,27). The molecule has 2 heterocycles. The van der Waals surface area contributed by atoms with Crippen molar-refractivity contribution < 1.29 is 9.59 Å². The second-order valence-electron chi connectivity index (χ2n) is 6.02. The first-order valence-electron chi connectivity index (χ1n) is 8.36. The molecule has 0 aliphatic carbocycles. The van der Waals surface area contributed by atoms with E-state index >= 15 is 0 Å². The van der Waals surface area contributed by atoms with E-state index in [-0.39, 0.29) is 11.8 Å². The van der Waals surface area contributed by atoms with Crippen LogP contribution in [0, 0.1) is 0 Å². The van der Waals surface area contributed by atoms with Crippen molar-refractivity contribution in [3.8, 4) is 0 Å². The highest BCUT2D eigenvalue weighted by molar-refractivity contribution is 6.31. The average molecular weight is 383 g/mol. The Morgan fingerprint density at radius 1 is 1.22 bits per heavy atom. The summed E-state index contributed by atoms with van der Waals surface area (Å²) in [5, 5.41) is 2.92. The Kier molecular flexibility index (Phi) is 5.57. The number of aromatic nitrogens is 2. The lowest BCUT2D eigenvalue weighted by Gasteiger charge is -2.15. The molecule has 138 valence electrons. The second-order valence-corrected chi connectivity index (χ2v) is 6.38. The Labute approximate surface area is 162 Å². The van der Waals surface area contributed by atoms with Crippen LogP contribution < -0.4 is 5.32 Å². The molecule has 3 aromatic rings. The van der Waals surface area contributed by atoms with Crippen LogP contribution in [0.3, 0.4) is 0 Å². The molecule has 1 aromatic carbocycles. The van der Waals surface area contributed by atoms with Crippen molar-refractivity contribution in [1.82, 2.24) is 19.6 Å². The molecule has 2 aromatic heterocycles. The molecule has 0 unspecified atom stereocenters. The zero-order chi connectivity index (χ0) is 19.4. The van der Waals surface area contributed by atoms with Gasteiger partial charge in [0.05, 0.1) is 5.69 Å². The monoisotopic (exact) mass is 382 g/mol. The number of nitrogens with zero attached hydrogens (tertiary/aromatic N) is 3. The van der Waals surface area contributed by atoms with Crippen molar-refractivity contribution in [2.75, 3.05) is 14.1 Å². The van der Waals surface area contributed by atoms with E-state index < -0.39 is 0 Å². The van der Waals surface area contributed by atoms with Gasteiger partial charge in [0.25, 0.3) is 5.91 Å². The molecule has 0 fully saturated rings. The average Bonchev–Trinajstić information content (AvgIpc) is 3.01. The molecular formula is C20H19ClN4O2. The van der Waals surface area contributed by atoms with Crippen LogP contribution in [0.5, 0.6) is 0 Å². The summed E-state index contributed by atoms with van der Waals surface area (Å²) >= 11 is 6.17. The van der Waals surface area contributed by atoms with E-state index in [2.05, 4.69) is 10.3 Å². The van der Waals surface area contributed by atoms with Gasteiger partial charge in [-0.2, -0.15) is 0 Å². The van der Waals surface area contributed by atoms with E-state index in [1.54, 1.807) is 37.2 Å². The van der Waals surface area contributed by atoms with Crippen LogP contribution >= 0.6 is 11.6 Å². The molecule has 0 bridgehead atoms. The SMILES string of the molecule is CNC(=O)c1ccc(CN(C)C(=O)C=Cc2c(Cl)nc3ccccn23)cc1. The zero-order valence-electron chi connectivity index (χ0n) is 15.0. The maximum absolute atomic E-state index is 12.4. The fourth-order valence-corrected chi connectivity index (χ4v) is 2.91. The van der Waals surface area contributed by atoms with Gasteiger partial charge in [0, 0.05) is 38.5 Å². The van der Waals surface area contributed by atoms with Crippen LogP contribution in [-0.2, 0) is 11.3 Å². The number of amides is 2. The number of benzene rings is 1. The molecule has 7 heteroatoms. The van der Waals surface area contributed by atoms with Crippen molar-refractivity contribution in [2.45, 2.75) is 6.54 Å². The molecule has 0 atom stereocenters. The Hall–Kier alpha value is -3.12. The van der Waals surface area contributed by atoms with Gasteiger partial charge < -0.3 is 10.2 Å². The molecule has 27 heavy (non-hydrogen) atoms. The number of carbonyl (C=O) groups is 2. The van der Waals surface area contributed by atoms with Crippen LogP contribution in [-0.4, -0.2) is 40.2 Å². The highest BCUT2D eigenvalue weighted by Gasteiger charge is 2.10. The van der Waals surface area contributed by atoms with Crippen LogP contribution in [0.4, 0.5) is 0 Å². The molecule has 0 radical (unpaired) electrons. The summed E-state index contributed by atoms with van der Waals surface area (Å²) < 4.78 is 1.82. The van der Waals surface area contributed by atoms with E-state index in [1.165, 1.54) is 6.08 Å². The molecule has 0 aliphatic heterocycles. The summed E-state index contributed by atoms with van der Waals surface area (Å²) in [6, 6.07) is 12.7. The van der Waals surface area contributed by atoms with Gasteiger partial charge >= 0.3 is 0 Å². The van der Waals surface area contributed by atoms with E-state index in [0.29, 0.717) is 23.0 Å². The number of fused-ring (bicyclic) bond motifs is 1. The van der Waals surface area contributed by atoms with Crippen molar-refractivity contribution in [3.63, 3.8) is 0 Å². The molecule has 0 saturated carbocycles. The number of nitrogens with one attached hydrogen (secondary N) is 1. The van der Waals surface area contributed by atoms with Gasteiger partial charge in [-0.05, 0) is 35.9 Å². The first-order valence-corrected chi connectivity index (χ1v) is 8.74. The van der Waals surface area contributed by atoms with Gasteiger partial charge in [0.1, 0.15) is 5.65 Å². The lowest BCUT2D eigenvalue weighted by atomic mass is 10.1. The zero-order valence-corrected chi connectivity index (χ0v) is 15.8. The van der Waals surface area contributed by atoms with Crippen LogP contribution in [0.15, 0.2) is 54.7 Å². The van der Waals surface area contributed by atoms with E-state index in [0.717, 1.165) is 11.2 Å². The smallest absolute Gasteiger partial charge is 0.251 e. The number of pyridine rings is 1. The first-order chi connectivity index (χ1) is 13.0. The van der Waals surface area contributed by atoms with Crippen LogP contribution in [0.25, 0.3) is 11.7 Å². The van der Waals surface area contributed by atoms with Gasteiger partial charge in [-0.25, -0.2) is 4.98 Å². The summed E-state index contributed by atoms with van der Waals surface area (Å²) in [7, 11) is 3.31. The lowest BCUT2D eigenvalue weighted by molar-refractivity contribution is -0.125. The van der Waals surface area contributed by atoms with Crippen molar-refractivity contribution in [2.24, 2.45) is 0 Å². The summed E-state index contributed by atoms with van der Waals surface area (Å²) in [6.45, 7) is 0.429. The van der Waals surface area contributed by atoms with Crippen molar-refractivity contribution in [1.29, 1.82) is 0 Å². The van der Waals surface area contributed by atoms with E-state index in [9.17, 15) is 9.59 Å². The molecule has 6 nitrogen and oxygen atoms in total.